The molecule has 0 radical (unpaired) electrons. The van der Waals surface area contributed by atoms with Gasteiger partial charge < -0.3 is 14.7 Å². The molecular formula is C20H25N3O3. The van der Waals surface area contributed by atoms with Gasteiger partial charge in [0.05, 0.1) is 6.54 Å². The molecule has 0 saturated carbocycles. The number of benzene rings is 1. The van der Waals surface area contributed by atoms with E-state index in [1.54, 1.807) is 4.90 Å². The molecule has 1 aromatic carbocycles. The quantitative estimate of drug-likeness (QED) is 0.821. The molecule has 0 unspecified atom stereocenters. The normalized spacial score (nSPS) is 21.3. The summed E-state index contributed by atoms with van der Waals surface area (Å²) in [6.45, 7) is 2.99. The highest BCUT2D eigenvalue weighted by Crippen LogP contribution is 2.25. The monoisotopic (exact) mass is 355 g/mol. The van der Waals surface area contributed by atoms with Crippen LogP contribution in [0, 0.1) is 0 Å². The summed E-state index contributed by atoms with van der Waals surface area (Å²) in [4.78, 5) is 42.5. The Balaban J connectivity index is 1.33. The van der Waals surface area contributed by atoms with Crippen LogP contribution in [0.3, 0.4) is 0 Å². The molecule has 2 fully saturated rings. The van der Waals surface area contributed by atoms with Crippen molar-refractivity contribution >= 4 is 17.7 Å². The van der Waals surface area contributed by atoms with Gasteiger partial charge in [-0.05, 0) is 37.3 Å². The first kappa shape index (κ1) is 17.1. The number of hydrogen-bond donors (Lipinski definition) is 0. The van der Waals surface area contributed by atoms with Gasteiger partial charge in [-0.25, -0.2) is 0 Å². The van der Waals surface area contributed by atoms with Gasteiger partial charge >= 0.3 is 0 Å². The van der Waals surface area contributed by atoms with E-state index in [2.05, 4.69) is 0 Å². The Morgan fingerprint density at radius 3 is 2.50 bits per heavy atom. The highest BCUT2D eigenvalue weighted by Gasteiger charge is 2.33. The van der Waals surface area contributed by atoms with E-state index in [9.17, 15) is 14.4 Å². The molecule has 4 rings (SSSR count). The SMILES string of the molecule is O=C(CN1CCCC1=O)N1CCC(N2CCc3ccccc3C2=O)CC1. The third-order valence-electron chi connectivity index (χ3n) is 5.89. The molecule has 3 heterocycles. The number of nitrogens with zero attached hydrogens (tertiary/aromatic N) is 3. The minimum Gasteiger partial charge on any atom is -0.341 e. The molecule has 0 atom stereocenters. The van der Waals surface area contributed by atoms with Crippen molar-refractivity contribution in [1.29, 1.82) is 0 Å². The summed E-state index contributed by atoms with van der Waals surface area (Å²) in [5.41, 5.74) is 1.96. The lowest BCUT2D eigenvalue weighted by Gasteiger charge is -2.40. The van der Waals surface area contributed by atoms with Crippen molar-refractivity contribution in [2.45, 2.75) is 38.1 Å². The van der Waals surface area contributed by atoms with E-state index in [0.717, 1.165) is 43.4 Å². The fourth-order valence-electron chi connectivity index (χ4n) is 4.35. The van der Waals surface area contributed by atoms with Gasteiger partial charge in [-0.3, -0.25) is 14.4 Å². The third-order valence-corrected chi connectivity index (χ3v) is 5.89. The van der Waals surface area contributed by atoms with E-state index in [1.165, 1.54) is 0 Å². The maximum atomic E-state index is 12.8. The zero-order valence-electron chi connectivity index (χ0n) is 15.0. The maximum absolute atomic E-state index is 12.8. The molecule has 0 N–H and O–H groups in total. The van der Waals surface area contributed by atoms with Gasteiger partial charge in [0.1, 0.15) is 0 Å². The smallest absolute Gasteiger partial charge is 0.254 e. The first-order valence-electron chi connectivity index (χ1n) is 9.58. The lowest BCUT2D eigenvalue weighted by molar-refractivity contribution is -0.139. The number of piperidine rings is 1. The summed E-state index contributed by atoms with van der Waals surface area (Å²) in [5, 5.41) is 0. The van der Waals surface area contributed by atoms with Crippen LogP contribution in [-0.2, 0) is 16.0 Å². The van der Waals surface area contributed by atoms with E-state index in [-0.39, 0.29) is 30.3 Å². The summed E-state index contributed by atoms with van der Waals surface area (Å²) >= 11 is 0. The van der Waals surface area contributed by atoms with Gasteiger partial charge in [0.2, 0.25) is 11.8 Å². The van der Waals surface area contributed by atoms with Gasteiger partial charge in [-0.15, -0.1) is 0 Å². The van der Waals surface area contributed by atoms with E-state index >= 15 is 0 Å². The Kier molecular flexibility index (Phi) is 4.66. The van der Waals surface area contributed by atoms with E-state index < -0.39 is 0 Å². The molecule has 3 amide bonds. The van der Waals surface area contributed by atoms with Gasteiger partial charge in [0, 0.05) is 44.2 Å². The number of rotatable bonds is 3. The average molecular weight is 355 g/mol. The molecule has 6 nitrogen and oxygen atoms in total. The standard InChI is InChI=1S/C20H25N3O3/c24-18-6-3-10-22(18)14-19(25)21-11-8-16(9-12-21)23-13-7-15-4-1-2-5-17(15)20(23)26/h1-2,4-5,16H,3,6-14H2. The Morgan fingerprint density at radius 2 is 1.77 bits per heavy atom. The fraction of sp³-hybridized carbons (Fsp3) is 0.550. The molecule has 0 aromatic heterocycles. The lowest BCUT2D eigenvalue weighted by Crippen LogP contribution is -2.52. The molecule has 3 aliphatic heterocycles. The lowest BCUT2D eigenvalue weighted by atomic mass is 9.95. The minimum atomic E-state index is 0.0361. The predicted octanol–water partition coefficient (Wildman–Crippen LogP) is 1.30. The first-order chi connectivity index (χ1) is 12.6. The number of amides is 3. The van der Waals surface area contributed by atoms with Crippen LogP contribution in [-0.4, -0.2) is 71.2 Å². The molecule has 138 valence electrons. The molecule has 26 heavy (non-hydrogen) atoms. The molecule has 1 aromatic rings. The van der Waals surface area contributed by atoms with E-state index in [1.807, 2.05) is 34.1 Å². The first-order valence-corrected chi connectivity index (χ1v) is 9.58. The molecule has 0 spiro atoms. The fourth-order valence-corrected chi connectivity index (χ4v) is 4.35. The molecular weight excluding hydrogens is 330 g/mol. The number of hydrogen-bond acceptors (Lipinski definition) is 3. The number of carbonyl (C=O) groups is 3. The molecule has 3 aliphatic rings. The van der Waals surface area contributed by atoms with Crippen LogP contribution in [0.2, 0.25) is 0 Å². The van der Waals surface area contributed by atoms with Crippen LogP contribution in [0.4, 0.5) is 0 Å². The Bertz CT molecular complexity index is 725. The molecule has 2 saturated heterocycles. The van der Waals surface area contributed by atoms with Gasteiger partial charge in [0.25, 0.3) is 5.91 Å². The zero-order chi connectivity index (χ0) is 18.1. The third kappa shape index (κ3) is 3.20. The number of likely N-dealkylation sites (tertiary alicyclic amines) is 2. The predicted molar refractivity (Wildman–Crippen MR) is 96.6 cm³/mol. The van der Waals surface area contributed by atoms with Crippen LogP contribution in [0.5, 0.6) is 0 Å². The summed E-state index contributed by atoms with van der Waals surface area (Å²) < 4.78 is 0. The minimum absolute atomic E-state index is 0.0361. The topological polar surface area (TPSA) is 60.9 Å². The second-order valence-electron chi connectivity index (χ2n) is 7.44. The van der Waals surface area contributed by atoms with Crippen molar-refractivity contribution in [1.82, 2.24) is 14.7 Å². The van der Waals surface area contributed by atoms with Crippen molar-refractivity contribution in [3.05, 3.63) is 35.4 Å². The van der Waals surface area contributed by atoms with Gasteiger partial charge in [-0.1, -0.05) is 18.2 Å². The highest BCUT2D eigenvalue weighted by molar-refractivity contribution is 5.97. The second-order valence-corrected chi connectivity index (χ2v) is 7.44. The van der Waals surface area contributed by atoms with Crippen molar-refractivity contribution in [2.24, 2.45) is 0 Å². The van der Waals surface area contributed by atoms with Crippen molar-refractivity contribution in [3.8, 4) is 0 Å². The Hall–Kier alpha value is -2.37. The summed E-state index contributed by atoms with van der Waals surface area (Å²) in [5.74, 6) is 0.249. The molecule has 0 bridgehead atoms. The number of fused-ring (bicyclic) bond motifs is 1. The summed E-state index contributed by atoms with van der Waals surface area (Å²) in [7, 11) is 0. The summed E-state index contributed by atoms with van der Waals surface area (Å²) in [6, 6.07) is 8.05. The average Bonchev–Trinajstić information content (AvgIpc) is 3.07. The van der Waals surface area contributed by atoms with E-state index in [0.29, 0.717) is 26.1 Å². The van der Waals surface area contributed by atoms with Gasteiger partial charge in [-0.2, -0.15) is 0 Å². The molecule has 6 heteroatoms. The largest absolute Gasteiger partial charge is 0.341 e. The highest BCUT2D eigenvalue weighted by atomic mass is 16.2. The van der Waals surface area contributed by atoms with Crippen LogP contribution in [0.1, 0.15) is 41.6 Å². The van der Waals surface area contributed by atoms with Crippen molar-refractivity contribution in [2.75, 3.05) is 32.7 Å². The second kappa shape index (κ2) is 7.09. The van der Waals surface area contributed by atoms with E-state index in [4.69, 9.17) is 0 Å². The Morgan fingerprint density at radius 1 is 1.00 bits per heavy atom. The van der Waals surface area contributed by atoms with Crippen LogP contribution in [0.25, 0.3) is 0 Å². The van der Waals surface area contributed by atoms with Crippen LogP contribution in [0.15, 0.2) is 24.3 Å². The van der Waals surface area contributed by atoms with Crippen LogP contribution < -0.4 is 0 Å². The zero-order valence-corrected chi connectivity index (χ0v) is 15.0. The van der Waals surface area contributed by atoms with Crippen molar-refractivity contribution < 1.29 is 14.4 Å². The molecule has 0 aliphatic carbocycles. The Labute approximate surface area is 153 Å². The summed E-state index contributed by atoms with van der Waals surface area (Å²) in [6.07, 6.45) is 3.94. The van der Waals surface area contributed by atoms with Crippen molar-refractivity contribution in [3.63, 3.8) is 0 Å². The maximum Gasteiger partial charge on any atom is 0.254 e. The van der Waals surface area contributed by atoms with Gasteiger partial charge in [0.15, 0.2) is 0 Å². The number of carbonyl (C=O) groups excluding carboxylic acids is 3. The van der Waals surface area contributed by atoms with Crippen LogP contribution >= 0.6 is 0 Å².